The van der Waals surface area contributed by atoms with E-state index in [1.54, 1.807) is 19.2 Å². The molecule has 160 valence electrons. The number of rotatable bonds is 3. The zero-order chi connectivity index (χ0) is 21.1. The summed E-state index contributed by atoms with van der Waals surface area (Å²) in [6.45, 7) is 3.54. The van der Waals surface area contributed by atoms with Crippen molar-refractivity contribution in [3.8, 4) is 0 Å². The summed E-state index contributed by atoms with van der Waals surface area (Å²) in [7, 11) is -3.35. The predicted octanol–water partition coefficient (Wildman–Crippen LogP) is 4.15. The molecule has 0 bridgehead atoms. The zero-order valence-electron chi connectivity index (χ0n) is 16.8. The number of hydrogen-bond acceptors (Lipinski definition) is 6. The fourth-order valence-corrected chi connectivity index (χ4v) is 8.04. The molecule has 30 heavy (non-hydrogen) atoms. The van der Waals surface area contributed by atoms with Crippen molar-refractivity contribution in [2.45, 2.75) is 54.6 Å². The van der Waals surface area contributed by atoms with Crippen LogP contribution in [0.5, 0.6) is 0 Å². The summed E-state index contributed by atoms with van der Waals surface area (Å²) in [4.78, 5) is 20.9. The number of amides is 1. The minimum Gasteiger partial charge on any atom is -0.342 e. The van der Waals surface area contributed by atoms with Crippen molar-refractivity contribution in [2.24, 2.45) is 0 Å². The number of benzene rings is 1. The summed E-state index contributed by atoms with van der Waals surface area (Å²) in [5.74, 6) is 0.0545. The van der Waals surface area contributed by atoms with Gasteiger partial charge in [0.2, 0.25) is 5.91 Å². The first-order valence-electron chi connectivity index (χ1n) is 10.3. The zero-order valence-corrected chi connectivity index (χ0v) is 19.2. The van der Waals surface area contributed by atoms with Gasteiger partial charge in [0.25, 0.3) is 0 Å². The molecule has 3 heterocycles. The van der Waals surface area contributed by atoms with Crippen LogP contribution in [0.3, 0.4) is 0 Å². The van der Waals surface area contributed by atoms with Crippen LogP contribution in [0.25, 0.3) is 0 Å². The minimum atomic E-state index is -3.35. The lowest BCUT2D eigenvalue weighted by Crippen LogP contribution is -2.36. The van der Waals surface area contributed by atoms with Gasteiger partial charge in [-0.15, -0.1) is 0 Å². The van der Waals surface area contributed by atoms with Gasteiger partial charge in [-0.3, -0.25) is 4.79 Å². The highest BCUT2D eigenvalue weighted by Gasteiger charge is 2.49. The quantitative estimate of drug-likeness (QED) is 0.680. The summed E-state index contributed by atoms with van der Waals surface area (Å²) in [5.41, 5.74) is 1.69. The Labute approximate surface area is 185 Å². The van der Waals surface area contributed by atoms with Crippen LogP contribution >= 0.6 is 22.9 Å². The van der Waals surface area contributed by atoms with Gasteiger partial charge in [-0.05, 0) is 43.0 Å². The van der Waals surface area contributed by atoms with Crippen molar-refractivity contribution in [3.05, 3.63) is 34.3 Å². The molecule has 3 aliphatic rings. The molecule has 1 aromatic heterocycles. The van der Waals surface area contributed by atoms with Gasteiger partial charge in [-0.25, -0.2) is 13.4 Å². The fraction of sp³-hybridized carbons (Fsp3) is 0.524. The molecule has 1 saturated carbocycles. The Hall–Kier alpha value is -1.64. The van der Waals surface area contributed by atoms with Crippen LogP contribution in [0.4, 0.5) is 10.8 Å². The number of fused-ring (bicyclic) bond motifs is 2. The Morgan fingerprint density at radius 3 is 2.67 bits per heavy atom. The highest BCUT2D eigenvalue weighted by Crippen LogP contribution is 2.51. The second-order valence-corrected chi connectivity index (χ2v) is 12.5. The van der Waals surface area contributed by atoms with Crippen LogP contribution < -0.4 is 4.90 Å². The van der Waals surface area contributed by atoms with E-state index in [2.05, 4.69) is 9.88 Å². The number of hydrogen-bond donors (Lipinski definition) is 0. The van der Waals surface area contributed by atoms with E-state index in [9.17, 15) is 13.2 Å². The van der Waals surface area contributed by atoms with Crippen LogP contribution in [0.15, 0.2) is 29.3 Å². The van der Waals surface area contributed by atoms with Crippen LogP contribution in [0, 0.1) is 0 Å². The second-order valence-electron chi connectivity index (χ2n) is 8.63. The van der Waals surface area contributed by atoms with E-state index in [1.807, 2.05) is 17.0 Å². The Kier molecular flexibility index (Phi) is 4.87. The molecule has 1 spiro atoms. The lowest BCUT2D eigenvalue weighted by atomic mass is 9.81. The van der Waals surface area contributed by atoms with Gasteiger partial charge >= 0.3 is 0 Å². The third-order valence-electron chi connectivity index (χ3n) is 6.86. The van der Waals surface area contributed by atoms with Gasteiger partial charge in [0, 0.05) is 37.7 Å². The van der Waals surface area contributed by atoms with Crippen molar-refractivity contribution >= 4 is 49.5 Å². The number of carbonyl (C=O) groups excluding carboxylic acids is 1. The Balaban J connectivity index is 1.60. The number of halogens is 1. The van der Waals surface area contributed by atoms with Gasteiger partial charge in [-0.1, -0.05) is 35.8 Å². The van der Waals surface area contributed by atoms with E-state index in [0.717, 1.165) is 48.5 Å². The third-order valence-corrected chi connectivity index (χ3v) is 10.3. The molecule has 1 aromatic carbocycles. The van der Waals surface area contributed by atoms with Crippen molar-refractivity contribution in [1.29, 1.82) is 0 Å². The minimum absolute atomic E-state index is 0.0545. The third kappa shape index (κ3) is 3.15. The molecule has 5 rings (SSSR count). The topological polar surface area (TPSA) is 70.6 Å². The molecule has 1 aliphatic carbocycles. The summed E-state index contributed by atoms with van der Waals surface area (Å²) >= 11 is 7.55. The first-order valence-corrected chi connectivity index (χ1v) is 13.1. The van der Waals surface area contributed by atoms with Gasteiger partial charge in [0.05, 0.1) is 16.3 Å². The predicted molar refractivity (Wildman–Crippen MR) is 119 cm³/mol. The van der Waals surface area contributed by atoms with Gasteiger partial charge in [0.1, 0.15) is 4.34 Å². The summed E-state index contributed by atoms with van der Waals surface area (Å²) < 4.78 is 27.1. The maximum absolute atomic E-state index is 13.3. The number of nitrogens with zero attached hydrogens (tertiary/aromatic N) is 3. The van der Waals surface area contributed by atoms with E-state index in [0.29, 0.717) is 28.9 Å². The Morgan fingerprint density at radius 1 is 1.27 bits per heavy atom. The first-order chi connectivity index (χ1) is 14.3. The lowest BCUT2D eigenvalue weighted by molar-refractivity contribution is -0.127. The molecule has 0 N–H and O–H groups in total. The maximum atomic E-state index is 13.3. The smallest absolute Gasteiger partial charge is 0.219 e. The molecular weight excluding hydrogens is 442 g/mol. The molecule has 9 heteroatoms. The molecule has 6 nitrogen and oxygen atoms in total. The maximum Gasteiger partial charge on any atom is 0.219 e. The highest BCUT2D eigenvalue weighted by atomic mass is 35.5. The van der Waals surface area contributed by atoms with Crippen LogP contribution in [0.1, 0.15) is 44.6 Å². The van der Waals surface area contributed by atoms with Crippen LogP contribution in [0.2, 0.25) is 4.34 Å². The molecule has 1 atom stereocenters. The molecule has 1 amide bonds. The molecule has 2 aliphatic heterocycles. The largest absolute Gasteiger partial charge is 0.342 e. The van der Waals surface area contributed by atoms with Gasteiger partial charge in [-0.2, -0.15) is 0 Å². The molecule has 2 aromatic rings. The Morgan fingerprint density at radius 2 is 2.03 bits per heavy atom. The van der Waals surface area contributed by atoms with E-state index >= 15 is 0 Å². The van der Waals surface area contributed by atoms with E-state index in [1.165, 1.54) is 11.3 Å². The number of aromatic nitrogens is 1. The number of sulfone groups is 1. The fourth-order valence-electron chi connectivity index (χ4n) is 5.25. The SMILES string of the molecule is CC(=O)N1CCC2(C1)CN(c1ncc(Cl)s1)c1ccc(S(=O)(=O)C3CCCC3)cc12. The van der Waals surface area contributed by atoms with Gasteiger partial charge in [0.15, 0.2) is 15.0 Å². The molecule has 0 radical (unpaired) electrons. The summed E-state index contributed by atoms with van der Waals surface area (Å²) in [6.07, 6.45) is 5.89. The normalized spacial score (nSPS) is 24.2. The number of carbonyl (C=O) groups is 1. The van der Waals surface area contributed by atoms with Crippen molar-refractivity contribution in [2.75, 3.05) is 24.5 Å². The number of likely N-dealkylation sites (tertiary alicyclic amines) is 1. The lowest BCUT2D eigenvalue weighted by Gasteiger charge is -2.25. The van der Waals surface area contributed by atoms with Crippen molar-refractivity contribution in [1.82, 2.24) is 9.88 Å². The van der Waals surface area contributed by atoms with Crippen LogP contribution in [-0.2, 0) is 20.0 Å². The number of anilines is 2. The van der Waals surface area contributed by atoms with Crippen LogP contribution in [-0.4, -0.2) is 49.1 Å². The van der Waals surface area contributed by atoms with E-state index in [4.69, 9.17) is 11.6 Å². The molecule has 1 unspecified atom stereocenters. The van der Waals surface area contributed by atoms with Crippen molar-refractivity contribution < 1.29 is 13.2 Å². The monoisotopic (exact) mass is 465 g/mol. The standard InChI is InChI=1S/C21H24ClN3O3S2/c1-14(26)24-9-8-21(12-24)13-25(20-23-11-19(22)29-20)18-7-6-16(10-17(18)21)30(27,28)15-4-2-3-5-15/h6-7,10-11,15H,2-5,8-9,12-13H2,1H3. The Bertz CT molecular complexity index is 1110. The van der Waals surface area contributed by atoms with Gasteiger partial charge < -0.3 is 9.80 Å². The van der Waals surface area contributed by atoms with E-state index < -0.39 is 9.84 Å². The van der Waals surface area contributed by atoms with Crippen molar-refractivity contribution in [3.63, 3.8) is 0 Å². The molecule has 2 fully saturated rings. The number of thiazole rings is 1. The summed E-state index contributed by atoms with van der Waals surface area (Å²) in [5, 5.41) is 0.518. The van der Waals surface area contributed by atoms with E-state index in [-0.39, 0.29) is 16.6 Å². The average molecular weight is 466 g/mol. The summed E-state index contributed by atoms with van der Waals surface area (Å²) in [6, 6.07) is 5.53. The average Bonchev–Trinajstić information content (AvgIpc) is 3.49. The molecular formula is C21H24ClN3O3S2. The molecule has 1 saturated heterocycles. The first kappa shape index (κ1) is 20.3. The second kappa shape index (κ2) is 7.21. The highest BCUT2D eigenvalue weighted by molar-refractivity contribution is 7.92.